The van der Waals surface area contributed by atoms with Gasteiger partial charge in [0, 0.05) is 41.7 Å². The average molecular weight is 504 g/mol. The quantitative estimate of drug-likeness (QED) is 0.285. The highest BCUT2D eigenvalue weighted by Crippen LogP contribution is 2.34. The summed E-state index contributed by atoms with van der Waals surface area (Å²) in [5.41, 5.74) is 4.36. The van der Waals surface area contributed by atoms with Crippen LogP contribution in [0.15, 0.2) is 42.7 Å². The van der Waals surface area contributed by atoms with E-state index in [4.69, 9.17) is 14.5 Å². The Labute approximate surface area is 215 Å². The number of para-hydroxylation sites is 1. The number of esters is 1. The Morgan fingerprint density at radius 2 is 2.14 bits per heavy atom. The van der Waals surface area contributed by atoms with Crippen molar-refractivity contribution in [3.8, 4) is 0 Å². The van der Waals surface area contributed by atoms with Crippen LogP contribution in [0.2, 0.25) is 0 Å². The highest BCUT2D eigenvalue weighted by atomic mass is 16.5. The van der Waals surface area contributed by atoms with E-state index in [0.29, 0.717) is 49.3 Å². The smallest absolute Gasteiger partial charge is 0.356 e. The number of nitrogens with one attached hydrogen (secondary N) is 3. The summed E-state index contributed by atoms with van der Waals surface area (Å²) in [6, 6.07) is 10.3. The SMILES string of the molecule is CC[C@H](C)Nc1cnc2c(c1)c(NC(=O)[C@H]1CCOC1)c(C(=O)OC)n2CCc1c[nH]c2ccccc12. The molecule has 194 valence electrons. The van der Waals surface area contributed by atoms with Crippen molar-refractivity contribution < 1.29 is 19.1 Å². The van der Waals surface area contributed by atoms with Crippen molar-refractivity contribution in [3.63, 3.8) is 0 Å². The molecule has 0 spiro atoms. The second kappa shape index (κ2) is 10.6. The molecule has 2 atom stereocenters. The molecule has 1 fully saturated rings. The third-order valence-corrected chi connectivity index (χ3v) is 7.13. The van der Waals surface area contributed by atoms with Crippen molar-refractivity contribution >= 4 is 45.2 Å². The van der Waals surface area contributed by atoms with E-state index >= 15 is 0 Å². The highest BCUT2D eigenvalue weighted by Gasteiger charge is 2.30. The molecule has 37 heavy (non-hydrogen) atoms. The second-order valence-electron chi connectivity index (χ2n) is 9.57. The number of amides is 1. The van der Waals surface area contributed by atoms with Gasteiger partial charge >= 0.3 is 5.97 Å². The predicted octanol–water partition coefficient (Wildman–Crippen LogP) is 4.73. The van der Waals surface area contributed by atoms with Gasteiger partial charge in [0.1, 0.15) is 5.65 Å². The van der Waals surface area contributed by atoms with Gasteiger partial charge in [0.25, 0.3) is 0 Å². The van der Waals surface area contributed by atoms with Crippen LogP contribution in [0.4, 0.5) is 11.4 Å². The highest BCUT2D eigenvalue weighted by molar-refractivity contribution is 6.11. The number of hydrogen-bond acceptors (Lipinski definition) is 6. The Kier molecular flexibility index (Phi) is 7.14. The lowest BCUT2D eigenvalue weighted by Gasteiger charge is -2.13. The summed E-state index contributed by atoms with van der Waals surface area (Å²) in [4.78, 5) is 34.3. The number of carbonyl (C=O) groups excluding carboxylic acids is 2. The number of rotatable bonds is 9. The summed E-state index contributed by atoms with van der Waals surface area (Å²) >= 11 is 0. The van der Waals surface area contributed by atoms with E-state index in [-0.39, 0.29) is 23.6 Å². The van der Waals surface area contributed by atoms with Gasteiger partial charge in [-0.15, -0.1) is 0 Å². The van der Waals surface area contributed by atoms with E-state index in [2.05, 4.69) is 35.5 Å². The van der Waals surface area contributed by atoms with Gasteiger partial charge in [-0.25, -0.2) is 9.78 Å². The molecule has 9 heteroatoms. The van der Waals surface area contributed by atoms with Crippen LogP contribution in [0, 0.1) is 5.92 Å². The van der Waals surface area contributed by atoms with Crippen LogP contribution in [0.1, 0.15) is 42.7 Å². The molecule has 3 N–H and O–H groups in total. The maximum atomic E-state index is 13.1. The third kappa shape index (κ3) is 4.91. The maximum absolute atomic E-state index is 13.1. The predicted molar refractivity (Wildman–Crippen MR) is 144 cm³/mol. The van der Waals surface area contributed by atoms with Gasteiger partial charge in [-0.1, -0.05) is 25.1 Å². The van der Waals surface area contributed by atoms with E-state index in [1.165, 1.54) is 7.11 Å². The van der Waals surface area contributed by atoms with Gasteiger partial charge in [-0.05, 0) is 43.9 Å². The van der Waals surface area contributed by atoms with Crippen LogP contribution in [0.3, 0.4) is 0 Å². The van der Waals surface area contributed by atoms with Crippen molar-refractivity contribution in [1.82, 2.24) is 14.5 Å². The minimum Gasteiger partial charge on any atom is -0.464 e. The molecule has 9 nitrogen and oxygen atoms in total. The Balaban J connectivity index is 1.59. The molecule has 1 aliphatic rings. The van der Waals surface area contributed by atoms with E-state index in [1.807, 2.05) is 35.0 Å². The zero-order valence-corrected chi connectivity index (χ0v) is 21.5. The Hall–Kier alpha value is -3.85. The van der Waals surface area contributed by atoms with Crippen LogP contribution in [-0.4, -0.2) is 52.8 Å². The number of hydrogen-bond donors (Lipinski definition) is 3. The number of benzene rings is 1. The molecular weight excluding hydrogens is 470 g/mol. The zero-order chi connectivity index (χ0) is 25.9. The number of aromatic amines is 1. The third-order valence-electron chi connectivity index (χ3n) is 7.13. The fourth-order valence-corrected chi connectivity index (χ4v) is 4.88. The number of ether oxygens (including phenoxy) is 2. The lowest BCUT2D eigenvalue weighted by Crippen LogP contribution is -2.24. The van der Waals surface area contributed by atoms with Crippen molar-refractivity contribution in [2.24, 2.45) is 5.92 Å². The average Bonchev–Trinajstić information content (AvgIpc) is 3.66. The number of aryl methyl sites for hydroxylation is 2. The van der Waals surface area contributed by atoms with Gasteiger partial charge in [-0.2, -0.15) is 0 Å². The van der Waals surface area contributed by atoms with Gasteiger partial charge in [-0.3, -0.25) is 4.79 Å². The largest absolute Gasteiger partial charge is 0.464 e. The first-order valence-corrected chi connectivity index (χ1v) is 12.8. The Morgan fingerprint density at radius 1 is 1.30 bits per heavy atom. The van der Waals surface area contributed by atoms with Gasteiger partial charge in [0.2, 0.25) is 5.91 Å². The number of H-pyrrole nitrogens is 1. The van der Waals surface area contributed by atoms with Crippen LogP contribution in [-0.2, 0) is 27.2 Å². The first kappa shape index (κ1) is 24.8. The van der Waals surface area contributed by atoms with Crippen molar-refractivity contribution in [2.75, 3.05) is 31.0 Å². The fraction of sp³-hybridized carbons (Fsp3) is 0.393. The standard InChI is InChI=1S/C28H33N5O4/c1-4-17(2)31-20-13-22-24(32-27(34)19-10-12-37-16-19)25(28(35)36-3)33(26(22)30-15-20)11-9-18-14-29-23-8-6-5-7-21(18)23/h5-8,13-15,17,19,29,31H,4,9-12,16H2,1-3H3,(H,32,34)/t17-,19-/m0/s1. The van der Waals surface area contributed by atoms with Crippen molar-refractivity contribution in [1.29, 1.82) is 0 Å². The summed E-state index contributed by atoms with van der Waals surface area (Å²) in [5, 5.41) is 8.31. The molecule has 4 aromatic rings. The molecule has 4 heterocycles. The van der Waals surface area contributed by atoms with Crippen LogP contribution in [0.5, 0.6) is 0 Å². The number of aromatic nitrogens is 3. The second-order valence-corrected chi connectivity index (χ2v) is 9.57. The summed E-state index contributed by atoms with van der Waals surface area (Å²) < 4.78 is 12.5. The number of pyridine rings is 1. The minimum atomic E-state index is -0.522. The molecule has 0 radical (unpaired) electrons. The molecule has 0 bridgehead atoms. The molecule has 0 aliphatic carbocycles. The molecule has 0 unspecified atom stereocenters. The summed E-state index contributed by atoms with van der Waals surface area (Å²) in [6.45, 7) is 5.61. The number of anilines is 2. The topological polar surface area (TPSA) is 110 Å². The molecule has 0 saturated carbocycles. The molecule has 1 aliphatic heterocycles. The zero-order valence-electron chi connectivity index (χ0n) is 21.5. The van der Waals surface area contributed by atoms with Crippen LogP contribution < -0.4 is 10.6 Å². The lowest BCUT2D eigenvalue weighted by molar-refractivity contribution is -0.119. The Morgan fingerprint density at radius 3 is 2.89 bits per heavy atom. The maximum Gasteiger partial charge on any atom is 0.356 e. The van der Waals surface area contributed by atoms with Crippen LogP contribution in [0.25, 0.3) is 21.9 Å². The molecule has 5 rings (SSSR count). The first-order valence-electron chi connectivity index (χ1n) is 12.8. The van der Waals surface area contributed by atoms with E-state index in [1.54, 1.807) is 6.20 Å². The van der Waals surface area contributed by atoms with E-state index in [0.717, 1.165) is 28.6 Å². The van der Waals surface area contributed by atoms with E-state index in [9.17, 15) is 9.59 Å². The number of methoxy groups -OCH3 is 1. The molecule has 3 aromatic heterocycles. The number of nitrogens with zero attached hydrogens (tertiary/aromatic N) is 2. The van der Waals surface area contributed by atoms with E-state index < -0.39 is 5.97 Å². The summed E-state index contributed by atoms with van der Waals surface area (Å²) in [7, 11) is 1.35. The van der Waals surface area contributed by atoms with Gasteiger partial charge in [0.15, 0.2) is 5.69 Å². The normalized spacial score (nSPS) is 16.2. The molecule has 1 amide bonds. The van der Waals surface area contributed by atoms with Crippen molar-refractivity contribution in [3.05, 3.63) is 54.0 Å². The molecule has 1 aromatic carbocycles. The monoisotopic (exact) mass is 503 g/mol. The summed E-state index contributed by atoms with van der Waals surface area (Å²) in [5.74, 6) is -0.950. The first-order chi connectivity index (χ1) is 18.0. The van der Waals surface area contributed by atoms with Crippen molar-refractivity contribution in [2.45, 2.75) is 45.7 Å². The Bertz CT molecular complexity index is 1430. The lowest BCUT2D eigenvalue weighted by atomic mass is 10.1. The van der Waals surface area contributed by atoms with Gasteiger partial charge < -0.3 is 29.7 Å². The summed E-state index contributed by atoms with van der Waals surface area (Å²) in [6.07, 6.45) is 6.03. The number of carbonyl (C=O) groups is 2. The van der Waals surface area contributed by atoms with Gasteiger partial charge in [0.05, 0.1) is 37.2 Å². The molecular formula is C28H33N5O4. The number of fused-ring (bicyclic) bond motifs is 2. The fourth-order valence-electron chi connectivity index (χ4n) is 4.88. The molecule has 1 saturated heterocycles. The van der Waals surface area contributed by atoms with Crippen LogP contribution >= 0.6 is 0 Å². The minimum absolute atomic E-state index is 0.168.